The summed E-state index contributed by atoms with van der Waals surface area (Å²) in [6.07, 6.45) is 3.54. The number of nitrogens with one attached hydrogen (secondary N) is 1. The fourth-order valence-electron chi connectivity index (χ4n) is 2.24. The Morgan fingerprint density at radius 3 is 2.56 bits per heavy atom. The average molecular weight is 251 g/mol. The van der Waals surface area contributed by atoms with Gasteiger partial charge in [0.1, 0.15) is 5.82 Å². The minimum Gasteiger partial charge on any atom is -0.478 e. The predicted molar refractivity (Wildman–Crippen MR) is 63.9 cm³/mol. The first-order chi connectivity index (χ1) is 8.59. The highest BCUT2D eigenvalue weighted by atomic mass is 19.1. The van der Waals surface area contributed by atoms with Crippen LogP contribution < -0.4 is 5.32 Å². The molecule has 2 N–H and O–H groups in total. The summed E-state index contributed by atoms with van der Waals surface area (Å²) in [5, 5.41) is 11.4. The van der Waals surface area contributed by atoms with Crippen molar-refractivity contribution in [2.75, 3.05) is 5.32 Å². The van der Waals surface area contributed by atoms with Crippen molar-refractivity contribution >= 4 is 17.6 Å². The van der Waals surface area contributed by atoms with Crippen molar-refractivity contribution in [3.8, 4) is 0 Å². The molecule has 1 aromatic carbocycles. The molecule has 1 aliphatic carbocycles. The third-order valence-corrected chi connectivity index (χ3v) is 3.22. The van der Waals surface area contributed by atoms with E-state index < -0.39 is 11.8 Å². The van der Waals surface area contributed by atoms with Gasteiger partial charge < -0.3 is 10.4 Å². The summed E-state index contributed by atoms with van der Waals surface area (Å²) in [5.41, 5.74) is -0.455. The lowest BCUT2D eigenvalue weighted by molar-refractivity contribution is -0.119. The van der Waals surface area contributed by atoms with Crippen molar-refractivity contribution in [3.05, 3.63) is 29.6 Å². The number of carboxylic acid groups (broad SMARTS) is 1. The van der Waals surface area contributed by atoms with Crippen molar-refractivity contribution in [1.82, 2.24) is 0 Å². The van der Waals surface area contributed by atoms with E-state index in [0.717, 1.165) is 31.7 Å². The summed E-state index contributed by atoms with van der Waals surface area (Å²) in [5.74, 6) is -2.40. The van der Waals surface area contributed by atoms with E-state index in [4.69, 9.17) is 5.11 Å². The van der Waals surface area contributed by atoms with Gasteiger partial charge in [-0.1, -0.05) is 18.9 Å². The van der Waals surface area contributed by atoms with Crippen LogP contribution in [0.3, 0.4) is 0 Å². The van der Waals surface area contributed by atoms with Crippen molar-refractivity contribution in [2.24, 2.45) is 5.92 Å². The maximum atomic E-state index is 13.6. The molecule has 0 saturated heterocycles. The number of carboxylic acids is 1. The minimum absolute atomic E-state index is 0.133. The predicted octanol–water partition coefficient (Wildman–Crippen LogP) is 2.65. The first-order valence-corrected chi connectivity index (χ1v) is 5.92. The highest BCUT2D eigenvalue weighted by Gasteiger charge is 2.25. The van der Waals surface area contributed by atoms with Gasteiger partial charge in [0.15, 0.2) is 0 Å². The number of hydrogen-bond acceptors (Lipinski definition) is 2. The van der Waals surface area contributed by atoms with Gasteiger partial charge in [0.2, 0.25) is 5.91 Å². The van der Waals surface area contributed by atoms with Gasteiger partial charge >= 0.3 is 5.97 Å². The number of halogens is 1. The van der Waals surface area contributed by atoms with Crippen LogP contribution in [0.2, 0.25) is 0 Å². The second-order valence-corrected chi connectivity index (χ2v) is 4.44. The molecular formula is C13H14FNO3. The third kappa shape index (κ3) is 2.50. The summed E-state index contributed by atoms with van der Waals surface area (Å²) < 4.78 is 13.6. The number of hydrogen-bond donors (Lipinski definition) is 2. The molecular weight excluding hydrogens is 237 g/mol. The molecule has 0 aromatic heterocycles. The molecule has 5 heteroatoms. The van der Waals surface area contributed by atoms with Crippen LogP contribution in [0, 0.1) is 11.7 Å². The molecule has 0 heterocycles. The van der Waals surface area contributed by atoms with Crippen molar-refractivity contribution in [3.63, 3.8) is 0 Å². The second kappa shape index (κ2) is 5.16. The Morgan fingerprint density at radius 1 is 1.28 bits per heavy atom. The van der Waals surface area contributed by atoms with Crippen LogP contribution in [0.5, 0.6) is 0 Å². The van der Waals surface area contributed by atoms with E-state index in [1.54, 1.807) is 0 Å². The first-order valence-electron chi connectivity index (χ1n) is 5.92. The highest BCUT2D eigenvalue weighted by molar-refractivity contribution is 6.01. The highest BCUT2D eigenvalue weighted by Crippen LogP contribution is 2.27. The minimum atomic E-state index is -1.25. The molecule has 96 valence electrons. The van der Waals surface area contributed by atoms with Gasteiger partial charge in [0.05, 0.1) is 11.3 Å². The van der Waals surface area contributed by atoms with Gasteiger partial charge in [-0.3, -0.25) is 4.79 Å². The zero-order chi connectivity index (χ0) is 13.1. The number of benzene rings is 1. The normalized spacial score (nSPS) is 15.6. The topological polar surface area (TPSA) is 66.4 Å². The summed E-state index contributed by atoms with van der Waals surface area (Å²) in [4.78, 5) is 22.8. The molecule has 0 aliphatic heterocycles. The summed E-state index contributed by atoms with van der Waals surface area (Å²) in [6, 6.07) is 3.72. The van der Waals surface area contributed by atoms with Crippen LogP contribution in [0.1, 0.15) is 36.0 Å². The number of carbonyl (C=O) groups is 2. The van der Waals surface area contributed by atoms with E-state index in [0.29, 0.717) is 0 Å². The molecule has 4 nitrogen and oxygen atoms in total. The molecule has 0 atom stereocenters. The Hall–Kier alpha value is -1.91. The van der Waals surface area contributed by atoms with Gasteiger partial charge in [0, 0.05) is 5.92 Å². The van der Waals surface area contributed by atoms with Crippen LogP contribution in [-0.2, 0) is 4.79 Å². The van der Waals surface area contributed by atoms with Gasteiger partial charge in [-0.25, -0.2) is 9.18 Å². The number of amides is 1. The Kier molecular flexibility index (Phi) is 3.60. The van der Waals surface area contributed by atoms with E-state index >= 15 is 0 Å². The maximum Gasteiger partial charge on any atom is 0.337 e. The zero-order valence-corrected chi connectivity index (χ0v) is 9.78. The summed E-state index contributed by atoms with van der Waals surface area (Å²) in [6.45, 7) is 0. The lowest BCUT2D eigenvalue weighted by Crippen LogP contribution is -2.22. The van der Waals surface area contributed by atoms with Crippen molar-refractivity contribution in [1.29, 1.82) is 0 Å². The first kappa shape index (κ1) is 12.5. The average Bonchev–Trinajstić information content (AvgIpc) is 2.85. The quantitative estimate of drug-likeness (QED) is 0.867. The van der Waals surface area contributed by atoms with Crippen LogP contribution >= 0.6 is 0 Å². The van der Waals surface area contributed by atoms with E-state index in [1.807, 2.05) is 0 Å². The van der Waals surface area contributed by atoms with E-state index in [2.05, 4.69) is 5.32 Å². The van der Waals surface area contributed by atoms with Crippen molar-refractivity contribution in [2.45, 2.75) is 25.7 Å². The third-order valence-electron chi connectivity index (χ3n) is 3.22. The number of rotatable bonds is 3. The Bertz CT molecular complexity index is 481. The standard InChI is InChI=1S/C13H14FNO3/c14-10-7-3-6-9(13(17)18)11(10)15-12(16)8-4-1-2-5-8/h3,6-8H,1-2,4-5H2,(H,15,16)(H,17,18). The Balaban J connectivity index is 2.22. The van der Waals surface area contributed by atoms with Crippen LogP contribution in [0.15, 0.2) is 18.2 Å². The monoisotopic (exact) mass is 251 g/mol. The molecule has 1 aliphatic rings. The number of para-hydroxylation sites is 1. The number of aromatic carboxylic acids is 1. The summed E-state index contributed by atoms with van der Waals surface area (Å²) >= 11 is 0. The Labute approximate surface area is 104 Å². The molecule has 1 aromatic rings. The zero-order valence-electron chi connectivity index (χ0n) is 9.78. The Morgan fingerprint density at radius 2 is 1.94 bits per heavy atom. The molecule has 0 unspecified atom stereocenters. The smallest absolute Gasteiger partial charge is 0.337 e. The van der Waals surface area contributed by atoms with E-state index in [1.165, 1.54) is 12.1 Å². The van der Waals surface area contributed by atoms with Crippen LogP contribution in [0.25, 0.3) is 0 Å². The molecule has 1 saturated carbocycles. The fraction of sp³-hybridized carbons (Fsp3) is 0.385. The molecule has 2 rings (SSSR count). The maximum absolute atomic E-state index is 13.6. The largest absolute Gasteiger partial charge is 0.478 e. The summed E-state index contributed by atoms with van der Waals surface area (Å²) in [7, 11) is 0. The number of carbonyl (C=O) groups excluding carboxylic acids is 1. The van der Waals surface area contributed by atoms with E-state index in [9.17, 15) is 14.0 Å². The second-order valence-electron chi connectivity index (χ2n) is 4.44. The van der Waals surface area contributed by atoms with Crippen molar-refractivity contribution < 1.29 is 19.1 Å². The van der Waals surface area contributed by atoms with Gasteiger partial charge in [-0.05, 0) is 25.0 Å². The lowest BCUT2D eigenvalue weighted by atomic mass is 10.1. The van der Waals surface area contributed by atoms with Gasteiger partial charge in [-0.15, -0.1) is 0 Å². The van der Waals surface area contributed by atoms with Crippen LogP contribution in [0.4, 0.5) is 10.1 Å². The molecule has 0 radical (unpaired) electrons. The van der Waals surface area contributed by atoms with Crippen LogP contribution in [-0.4, -0.2) is 17.0 Å². The van der Waals surface area contributed by atoms with Gasteiger partial charge in [0.25, 0.3) is 0 Å². The fourth-order valence-corrected chi connectivity index (χ4v) is 2.24. The SMILES string of the molecule is O=C(O)c1cccc(F)c1NC(=O)C1CCCC1. The lowest BCUT2D eigenvalue weighted by Gasteiger charge is -2.12. The molecule has 0 spiro atoms. The molecule has 1 amide bonds. The van der Waals surface area contributed by atoms with Gasteiger partial charge in [-0.2, -0.15) is 0 Å². The molecule has 1 fully saturated rings. The molecule has 18 heavy (non-hydrogen) atoms. The molecule has 0 bridgehead atoms. The number of anilines is 1. The van der Waals surface area contributed by atoms with E-state index in [-0.39, 0.29) is 23.1 Å².